The van der Waals surface area contributed by atoms with Crippen molar-refractivity contribution in [1.29, 1.82) is 0 Å². The first-order chi connectivity index (χ1) is 13.9. The number of carbonyl (C=O) groups is 3. The van der Waals surface area contributed by atoms with Gasteiger partial charge >= 0.3 is 5.97 Å². The second-order valence-corrected chi connectivity index (χ2v) is 7.57. The molecule has 1 fully saturated rings. The van der Waals surface area contributed by atoms with E-state index < -0.39 is 24.4 Å². The van der Waals surface area contributed by atoms with Gasteiger partial charge in [0.15, 0.2) is 6.61 Å². The number of anilines is 1. The van der Waals surface area contributed by atoms with Gasteiger partial charge in [-0.3, -0.25) is 14.4 Å². The highest BCUT2D eigenvalue weighted by atomic mass is 35.5. The Morgan fingerprint density at radius 2 is 1.90 bits per heavy atom. The molecular weight excluding hydrogens is 415 g/mol. The van der Waals surface area contributed by atoms with Gasteiger partial charge in [-0.2, -0.15) is 0 Å². The lowest BCUT2D eigenvalue weighted by molar-refractivity contribution is -0.152. The van der Waals surface area contributed by atoms with E-state index in [1.54, 1.807) is 18.2 Å². The fourth-order valence-electron chi connectivity index (χ4n) is 3.16. The maximum Gasteiger partial charge on any atom is 0.311 e. The highest BCUT2D eigenvalue weighted by Crippen LogP contribution is 2.35. The molecule has 3 rings (SSSR count). The van der Waals surface area contributed by atoms with Crippen molar-refractivity contribution in [3.63, 3.8) is 0 Å². The minimum absolute atomic E-state index is 0.0102. The van der Waals surface area contributed by atoms with E-state index in [-0.39, 0.29) is 29.9 Å². The Bertz CT molecular complexity index is 920. The molecule has 6 nitrogen and oxygen atoms in total. The van der Waals surface area contributed by atoms with Crippen LogP contribution in [0.1, 0.15) is 24.9 Å². The molecule has 2 aromatic rings. The molecule has 2 atom stereocenters. The zero-order valence-corrected chi connectivity index (χ0v) is 17.2. The summed E-state index contributed by atoms with van der Waals surface area (Å²) in [4.78, 5) is 38.2. The molecule has 8 heteroatoms. The van der Waals surface area contributed by atoms with Crippen molar-refractivity contribution >= 4 is 46.7 Å². The number of esters is 1. The third-order valence-corrected chi connectivity index (χ3v) is 5.51. The third-order valence-electron chi connectivity index (χ3n) is 4.70. The molecule has 1 saturated heterocycles. The first-order valence-electron chi connectivity index (χ1n) is 9.12. The molecule has 1 aliphatic rings. The summed E-state index contributed by atoms with van der Waals surface area (Å²) in [7, 11) is 0. The van der Waals surface area contributed by atoms with Gasteiger partial charge in [0, 0.05) is 13.0 Å². The van der Waals surface area contributed by atoms with E-state index in [1.165, 1.54) is 4.90 Å². The first-order valence-corrected chi connectivity index (χ1v) is 9.87. The standard InChI is InChI=1S/C21H20Cl2N2O4/c1-13(14-6-3-2-4-7-14)24-18(26)12-29-21(28)15-10-19(27)25(11-15)17-9-5-8-16(22)20(17)23/h2-9,13,15H,10-12H2,1H3,(H,24,26)/t13-,15-/m1/s1. The summed E-state index contributed by atoms with van der Waals surface area (Å²) >= 11 is 12.2. The Labute approximate surface area is 178 Å². The van der Waals surface area contributed by atoms with Crippen molar-refractivity contribution in [1.82, 2.24) is 5.32 Å². The van der Waals surface area contributed by atoms with E-state index in [1.807, 2.05) is 37.3 Å². The molecule has 0 aliphatic carbocycles. The van der Waals surface area contributed by atoms with E-state index in [4.69, 9.17) is 27.9 Å². The molecule has 0 bridgehead atoms. The fraction of sp³-hybridized carbons (Fsp3) is 0.286. The maximum atomic E-state index is 12.3. The van der Waals surface area contributed by atoms with Crippen LogP contribution < -0.4 is 10.2 Å². The number of hydrogen-bond acceptors (Lipinski definition) is 4. The largest absolute Gasteiger partial charge is 0.455 e. The van der Waals surface area contributed by atoms with E-state index in [0.717, 1.165) is 5.56 Å². The van der Waals surface area contributed by atoms with Crippen molar-refractivity contribution in [2.75, 3.05) is 18.1 Å². The topological polar surface area (TPSA) is 75.7 Å². The lowest BCUT2D eigenvalue weighted by Gasteiger charge is -2.18. The lowest BCUT2D eigenvalue weighted by atomic mass is 10.1. The van der Waals surface area contributed by atoms with E-state index in [0.29, 0.717) is 10.7 Å². The Balaban J connectivity index is 1.53. The number of rotatable bonds is 6. The molecule has 2 amide bonds. The Kier molecular flexibility index (Phi) is 6.77. The Morgan fingerprint density at radius 1 is 1.17 bits per heavy atom. The zero-order chi connectivity index (χ0) is 21.0. The molecule has 1 N–H and O–H groups in total. The van der Waals surface area contributed by atoms with Gasteiger partial charge in [0.2, 0.25) is 5.91 Å². The monoisotopic (exact) mass is 434 g/mol. The van der Waals surface area contributed by atoms with E-state index in [9.17, 15) is 14.4 Å². The van der Waals surface area contributed by atoms with Crippen LogP contribution >= 0.6 is 23.2 Å². The lowest BCUT2D eigenvalue weighted by Crippen LogP contribution is -2.32. The number of halogens is 2. The molecule has 0 radical (unpaired) electrons. The number of hydrogen-bond donors (Lipinski definition) is 1. The van der Waals surface area contributed by atoms with Crippen LogP contribution in [0.5, 0.6) is 0 Å². The van der Waals surface area contributed by atoms with Gasteiger partial charge in [-0.25, -0.2) is 0 Å². The minimum Gasteiger partial charge on any atom is -0.455 e. The van der Waals surface area contributed by atoms with E-state index in [2.05, 4.69) is 5.32 Å². The summed E-state index contributed by atoms with van der Waals surface area (Å²) in [5, 5.41) is 3.36. The molecular formula is C21H20Cl2N2O4. The molecule has 0 spiro atoms. The summed E-state index contributed by atoms with van der Waals surface area (Å²) in [5.41, 5.74) is 1.40. The van der Waals surface area contributed by atoms with Crippen LogP contribution in [0.15, 0.2) is 48.5 Å². The van der Waals surface area contributed by atoms with Gasteiger partial charge in [-0.05, 0) is 24.6 Å². The number of nitrogens with one attached hydrogen (secondary N) is 1. The van der Waals surface area contributed by atoms with Crippen LogP contribution in [0, 0.1) is 5.92 Å². The van der Waals surface area contributed by atoms with Crippen LogP contribution in [0.3, 0.4) is 0 Å². The van der Waals surface area contributed by atoms with Crippen LogP contribution in [-0.4, -0.2) is 30.9 Å². The number of amides is 2. The van der Waals surface area contributed by atoms with Gasteiger partial charge in [0.25, 0.3) is 5.91 Å². The number of carbonyl (C=O) groups excluding carboxylic acids is 3. The fourth-order valence-corrected chi connectivity index (χ4v) is 3.56. The predicted molar refractivity (Wildman–Crippen MR) is 111 cm³/mol. The summed E-state index contributed by atoms with van der Waals surface area (Å²) in [5.74, 6) is -1.93. The number of ether oxygens (including phenoxy) is 1. The van der Waals surface area contributed by atoms with Gasteiger partial charge in [-0.1, -0.05) is 59.6 Å². The van der Waals surface area contributed by atoms with Gasteiger partial charge in [0.1, 0.15) is 0 Å². The molecule has 29 heavy (non-hydrogen) atoms. The van der Waals surface area contributed by atoms with Crippen LogP contribution in [0.4, 0.5) is 5.69 Å². The first kappa shape index (κ1) is 21.1. The van der Waals surface area contributed by atoms with Crippen molar-refractivity contribution < 1.29 is 19.1 Å². The molecule has 152 valence electrons. The smallest absolute Gasteiger partial charge is 0.311 e. The average Bonchev–Trinajstić information content (AvgIpc) is 3.10. The highest BCUT2D eigenvalue weighted by molar-refractivity contribution is 6.44. The second kappa shape index (κ2) is 9.29. The Hall–Kier alpha value is -2.57. The summed E-state index contributed by atoms with van der Waals surface area (Å²) in [6.45, 7) is 1.57. The van der Waals surface area contributed by atoms with Crippen LogP contribution in [0.2, 0.25) is 10.0 Å². The van der Waals surface area contributed by atoms with Crippen molar-refractivity contribution in [3.8, 4) is 0 Å². The second-order valence-electron chi connectivity index (χ2n) is 6.79. The average molecular weight is 435 g/mol. The van der Waals surface area contributed by atoms with Gasteiger partial charge < -0.3 is 15.0 Å². The number of nitrogens with zero attached hydrogens (tertiary/aromatic N) is 1. The summed E-state index contributed by atoms with van der Waals surface area (Å²) in [6.07, 6.45) is -0.0102. The van der Waals surface area contributed by atoms with Gasteiger partial charge in [0.05, 0.1) is 27.7 Å². The van der Waals surface area contributed by atoms with Crippen molar-refractivity contribution in [3.05, 3.63) is 64.1 Å². The molecule has 0 saturated carbocycles. The number of benzene rings is 2. The quantitative estimate of drug-likeness (QED) is 0.702. The maximum absolute atomic E-state index is 12.3. The summed E-state index contributed by atoms with van der Waals surface area (Å²) in [6, 6.07) is 14.2. The molecule has 0 unspecified atom stereocenters. The molecule has 1 heterocycles. The van der Waals surface area contributed by atoms with Crippen molar-refractivity contribution in [2.24, 2.45) is 5.92 Å². The summed E-state index contributed by atoms with van der Waals surface area (Å²) < 4.78 is 5.12. The van der Waals surface area contributed by atoms with Crippen LogP contribution in [-0.2, 0) is 19.1 Å². The Morgan fingerprint density at radius 3 is 2.62 bits per heavy atom. The minimum atomic E-state index is -0.670. The van der Waals surface area contributed by atoms with Gasteiger partial charge in [-0.15, -0.1) is 0 Å². The third kappa shape index (κ3) is 5.08. The molecule has 0 aromatic heterocycles. The predicted octanol–water partition coefficient (Wildman–Crippen LogP) is 3.77. The highest BCUT2D eigenvalue weighted by Gasteiger charge is 2.37. The molecule has 1 aliphatic heterocycles. The SMILES string of the molecule is C[C@@H](NC(=O)COC(=O)[C@@H]1CC(=O)N(c2cccc(Cl)c2Cl)C1)c1ccccc1. The zero-order valence-electron chi connectivity index (χ0n) is 15.7. The van der Waals surface area contributed by atoms with Crippen molar-refractivity contribution in [2.45, 2.75) is 19.4 Å². The normalized spacial score (nSPS) is 17.1. The van der Waals surface area contributed by atoms with Crippen LogP contribution in [0.25, 0.3) is 0 Å². The van der Waals surface area contributed by atoms with E-state index >= 15 is 0 Å². The molecule has 2 aromatic carbocycles.